The average Bonchev–Trinajstić information content (AvgIpc) is 3.58. The van der Waals surface area contributed by atoms with E-state index in [1.807, 2.05) is 37.4 Å². The number of ether oxygens (including phenoxy) is 1. The van der Waals surface area contributed by atoms with Crippen molar-refractivity contribution in [2.45, 2.75) is 52.7 Å². The second kappa shape index (κ2) is 10.0. The molecule has 3 aromatic rings. The van der Waals surface area contributed by atoms with Gasteiger partial charge in [0.1, 0.15) is 29.0 Å². The Balaban J connectivity index is 1.60. The number of quaternary nitrogens is 1. The van der Waals surface area contributed by atoms with Crippen LogP contribution in [0.1, 0.15) is 55.0 Å². The summed E-state index contributed by atoms with van der Waals surface area (Å²) in [6, 6.07) is 17.8. The summed E-state index contributed by atoms with van der Waals surface area (Å²) in [5.41, 5.74) is 5.38. The first kappa shape index (κ1) is 24.6. The number of carbonyl (C=O) groups is 1. The lowest BCUT2D eigenvalue weighted by molar-refractivity contribution is -0.478. The van der Waals surface area contributed by atoms with Crippen LogP contribution < -0.4 is 15.4 Å². The maximum absolute atomic E-state index is 13.3. The van der Waals surface area contributed by atoms with Crippen molar-refractivity contribution in [2.75, 3.05) is 0 Å². The third kappa shape index (κ3) is 5.77. The first-order chi connectivity index (χ1) is 16.7. The fraction of sp³-hybridized carbons (Fsp3) is 0.310. The number of benzene rings is 3. The number of nitrogens with one attached hydrogen (secondary N) is 2. The molecule has 0 saturated heterocycles. The van der Waals surface area contributed by atoms with Crippen molar-refractivity contribution in [1.82, 2.24) is 5.32 Å². The van der Waals surface area contributed by atoms with Crippen molar-refractivity contribution >= 4 is 23.5 Å². The summed E-state index contributed by atoms with van der Waals surface area (Å²) in [6.45, 7) is 8.08. The minimum absolute atomic E-state index is 0.0628. The molecule has 1 aliphatic rings. The van der Waals surface area contributed by atoms with E-state index < -0.39 is 6.10 Å². The van der Waals surface area contributed by atoms with Gasteiger partial charge in [0.25, 0.3) is 0 Å². The highest BCUT2D eigenvalue weighted by atomic mass is 19.1. The summed E-state index contributed by atoms with van der Waals surface area (Å²) in [7, 11) is 0. The Kier molecular flexibility index (Phi) is 7.03. The zero-order valence-corrected chi connectivity index (χ0v) is 20.7. The van der Waals surface area contributed by atoms with Crippen molar-refractivity contribution < 1.29 is 19.2 Å². The van der Waals surface area contributed by atoms with Crippen LogP contribution in [-0.4, -0.2) is 18.2 Å². The van der Waals surface area contributed by atoms with Crippen molar-refractivity contribution in [1.29, 1.82) is 5.41 Å². The van der Waals surface area contributed by atoms with Gasteiger partial charge in [-0.15, -0.1) is 0 Å². The summed E-state index contributed by atoms with van der Waals surface area (Å²) in [5, 5.41) is 13.0. The predicted octanol–water partition coefficient (Wildman–Crippen LogP) is 5.39. The fourth-order valence-electron chi connectivity index (χ4n) is 4.22. The Labute approximate surface area is 206 Å². The molecule has 6 heteroatoms. The van der Waals surface area contributed by atoms with E-state index in [-0.39, 0.29) is 23.2 Å². The van der Waals surface area contributed by atoms with Gasteiger partial charge in [-0.05, 0) is 69.0 Å². The van der Waals surface area contributed by atoms with Gasteiger partial charge in [-0.25, -0.2) is 4.39 Å². The molecule has 1 amide bonds. The van der Waals surface area contributed by atoms with E-state index in [1.165, 1.54) is 23.9 Å². The third-order valence-corrected chi connectivity index (χ3v) is 6.76. The van der Waals surface area contributed by atoms with Crippen LogP contribution in [0.3, 0.4) is 0 Å². The largest absolute Gasteiger partial charge is 0.484 e. The summed E-state index contributed by atoms with van der Waals surface area (Å²) >= 11 is 0. The summed E-state index contributed by atoms with van der Waals surface area (Å²) in [6.07, 6.45) is 2.71. The van der Waals surface area contributed by atoms with E-state index in [0.717, 1.165) is 35.3 Å². The molecule has 0 spiro atoms. The molecule has 182 valence electrons. The van der Waals surface area contributed by atoms with Gasteiger partial charge >= 0.3 is 0 Å². The van der Waals surface area contributed by atoms with Crippen LogP contribution in [-0.2, 0) is 4.79 Å². The van der Waals surface area contributed by atoms with Crippen LogP contribution in [0.15, 0.2) is 60.7 Å². The van der Waals surface area contributed by atoms with E-state index in [9.17, 15) is 9.18 Å². The number of amides is 1. The molecule has 35 heavy (non-hydrogen) atoms. The molecular weight excluding hydrogens is 441 g/mol. The average molecular weight is 475 g/mol. The van der Waals surface area contributed by atoms with E-state index in [1.54, 1.807) is 12.1 Å². The normalized spacial score (nSPS) is 15.7. The van der Waals surface area contributed by atoms with Gasteiger partial charge in [-0.1, -0.05) is 30.7 Å². The van der Waals surface area contributed by atoms with Crippen molar-refractivity contribution in [3.63, 3.8) is 0 Å². The molecule has 4 rings (SSSR count). The van der Waals surface area contributed by atoms with Crippen molar-refractivity contribution in [2.24, 2.45) is 5.41 Å². The molecule has 0 bridgehead atoms. The molecule has 0 heterocycles. The number of aryl methyl sites for hydroxylation is 2. The maximum Gasteiger partial charge on any atom is 0.226 e. The molecule has 4 N–H and O–H groups in total. The van der Waals surface area contributed by atoms with Crippen LogP contribution in [0.2, 0.25) is 0 Å². The summed E-state index contributed by atoms with van der Waals surface area (Å²) < 4.78 is 19.8. The fourth-order valence-corrected chi connectivity index (χ4v) is 4.22. The molecule has 2 atom stereocenters. The van der Waals surface area contributed by atoms with Gasteiger partial charge in [-0.3, -0.25) is 10.1 Å². The molecule has 1 saturated carbocycles. The predicted molar refractivity (Wildman–Crippen MR) is 136 cm³/mol. The Morgan fingerprint density at radius 2 is 1.83 bits per heavy atom. The second-order valence-corrected chi connectivity index (χ2v) is 9.85. The summed E-state index contributed by atoms with van der Waals surface area (Å²) in [5.74, 6) is 0.392. The monoisotopic (exact) mass is 474 g/mol. The van der Waals surface area contributed by atoms with Gasteiger partial charge in [0.2, 0.25) is 5.91 Å². The van der Waals surface area contributed by atoms with Gasteiger partial charge in [0.05, 0.1) is 11.6 Å². The SMILES string of the molecule is Cc1ccc([C@@H](Oc2ccc([NH2+]c3ccc(F)cc3)c(C=N)c2)[C@H](C)NC(=O)C2(C)CC2)c(C)c1. The van der Waals surface area contributed by atoms with Gasteiger partial charge in [0, 0.05) is 29.8 Å². The molecular formula is C29H33FN3O2+. The topological polar surface area (TPSA) is 78.8 Å². The lowest BCUT2D eigenvalue weighted by atomic mass is 9.96. The molecule has 3 aromatic carbocycles. The van der Waals surface area contributed by atoms with E-state index >= 15 is 0 Å². The Hall–Kier alpha value is -3.51. The number of nitrogens with two attached hydrogens (primary N) is 1. The summed E-state index contributed by atoms with van der Waals surface area (Å²) in [4.78, 5) is 12.8. The number of halogens is 1. The zero-order chi connectivity index (χ0) is 25.2. The Bertz CT molecular complexity index is 1240. The number of hydrogen-bond acceptors (Lipinski definition) is 3. The maximum atomic E-state index is 13.3. The molecule has 1 fully saturated rings. The van der Waals surface area contributed by atoms with Crippen LogP contribution in [0.5, 0.6) is 5.75 Å². The van der Waals surface area contributed by atoms with Crippen LogP contribution in [0, 0.1) is 30.5 Å². The highest BCUT2D eigenvalue weighted by Crippen LogP contribution is 2.45. The Morgan fingerprint density at radius 1 is 1.11 bits per heavy atom. The third-order valence-electron chi connectivity index (χ3n) is 6.76. The van der Waals surface area contributed by atoms with Gasteiger partial charge < -0.3 is 15.5 Å². The van der Waals surface area contributed by atoms with Crippen LogP contribution in [0.4, 0.5) is 15.8 Å². The molecule has 0 radical (unpaired) electrons. The molecule has 0 aromatic heterocycles. The number of hydrogen-bond donors (Lipinski definition) is 3. The first-order valence-corrected chi connectivity index (χ1v) is 12.0. The lowest BCUT2D eigenvalue weighted by Gasteiger charge is -2.29. The number of carbonyl (C=O) groups excluding carboxylic acids is 1. The molecule has 0 aliphatic heterocycles. The van der Waals surface area contributed by atoms with E-state index in [0.29, 0.717) is 11.3 Å². The van der Waals surface area contributed by atoms with Crippen LogP contribution >= 0.6 is 0 Å². The minimum atomic E-state index is -0.396. The second-order valence-electron chi connectivity index (χ2n) is 9.85. The van der Waals surface area contributed by atoms with Gasteiger partial charge in [0.15, 0.2) is 0 Å². The lowest BCUT2D eigenvalue weighted by Crippen LogP contribution is -2.71. The molecule has 1 aliphatic carbocycles. The van der Waals surface area contributed by atoms with Gasteiger partial charge in [-0.2, -0.15) is 0 Å². The van der Waals surface area contributed by atoms with E-state index in [2.05, 4.69) is 37.4 Å². The van der Waals surface area contributed by atoms with Crippen LogP contribution in [0.25, 0.3) is 0 Å². The molecule has 0 unspecified atom stereocenters. The highest BCUT2D eigenvalue weighted by molar-refractivity contribution is 5.85. The number of rotatable bonds is 9. The zero-order valence-electron chi connectivity index (χ0n) is 20.7. The van der Waals surface area contributed by atoms with E-state index in [4.69, 9.17) is 10.1 Å². The minimum Gasteiger partial charge on any atom is -0.484 e. The standard InChI is InChI=1S/C29H32FN3O2/c1-18-5-11-25(19(2)15-18)27(20(3)32-28(34)29(4)13-14-29)35-24-10-12-26(21(16-24)17-31)33-23-8-6-22(30)7-9-23/h5-12,15-17,20,27,31,33H,13-14H2,1-4H3,(H,32,34)/p+1/t20-,27-/m0/s1. The Morgan fingerprint density at radius 3 is 2.46 bits per heavy atom. The molecule has 5 nitrogen and oxygen atoms in total. The highest BCUT2D eigenvalue weighted by Gasteiger charge is 2.45. The van der Waals surface area contributed by atoms with Crippen molar-refractivity contribution in [3.8, 4) is 5.75 Å². The first-order valence-electron chi connectivity index (χ1n) is 12.0. The van der Waals surface area contributed by atoms with Crippen molar-refractivity contribution in [3.05, 3.63) is 88.7 Å². The quantitative estimate of drug-likeness (QED) is 0.287. The smallest absolute Gasteiger partial charge is 0.226 e.